The van der Waals surface area contributed by atoms with Gasteiger partial charge in [-0.2, -0.15) is 0 Å². The van der Waals surface area contributed by atoms with Crippen molar-refractivity contribution in [3.8, 4) is 0 Å². The van der Waals surface area contributed by atoms with Crippen LogP contribution < -0.4 is 4.90 Å². The lowest BCUT2D eigenvalue weighted by atomic mass is 9.97. The SMILES string of the molecule is O=[N+]([O-])c1ccc(N2CCC[C@H](c3nnc4n3CCCCC4)C2)nc1. The smallest absolute Gasteiger partial charge is 0.287 e. The Bertz CT molecular complexity index is 757. The van der Waals surface area contributed by atoms with Crippen molar-refractivity contribution in [2.75, 3.05) is 18.0 Å². The second kappa shape index (κ2) is 6.78. The molecule has 0 bridgehead atoms. The van der Waals surface area contributed by atoms with Crippen molar-refractivity contribution in [2.24, 2.45) is 0 Å². The summed E-state index contributed by atoms with van der Waals surface area (Å²) in [5.74, 6) is 3.36. The quantitative estimate of drug-likeness (QED) is 0.629. The molecule has 1 saturated heterocycles. The van der Waals surface area contributed by atoms with Gasteiger partial charge in [-0.15, -0.1) is 10.2 Å². The predicted molar refractivity (Wildman–Crippen MR) is 92.7 cm³/mol. The molecule has 2 aliphatic heterocycles. The van der Waals surface area contributed by atoms with Gasteiger partial charge in [0.25, 0.3) is 5.69 Å². The van der Waals surface area contributed by atoms with E-state index in [0.29, 0.717) is 5.92 Å². The maximum Gasteiger partial charge on any atom is 0.287 e. The molecule has 25 heavy (non-hydrogen) atoms. The molecule has 1 fully saturated rings. The summed E-state index contributed by atoms with van der Waals surface area (Å²) in [5, 5.41) is 19.7. The van der Waals surface area contributed by atoms with Gasteiger partial charge in [-0.05, 0) is 31.7 Å². The highest BCUT2D eigenvalue weighted by Crippen LogP contribution is 2.30. The Balaban J connectivity index is 1.53. The van der Waals surface area contributed by atoms with Gasteiger partial charge >= 0.3 is 0 Å². The topological polar surface area (TPSA) is 90.0 Å². The van der Waals surface area contributed by atoms with E-state index in [1.165, 1.54) is 31.5 Å². The van der Waals surface area contributed by atoms with E-state index in [9.17, 15) is 10.1 Å². The summed E-state index contributed by atoms with van der Waals surface area (Å²) < 4.78 is 2.32. The third-order valence-corrected chi connectivity index (χ3v) is 5.19. The fraction of sp³-hybridized carbons (Fsp3) is 0.588. The van der Waals surface area contributed by atoms with E-state index < -0.39 is 4.92 Å². The lowest BCUT2D eigenvalue weighted by Crippen LogP contribution is -2.36. The molecule has 0 aliphatic carbocycles. The van der Waals surface area contributed by atoms with Crippen LogP contribution in [0.15, 0.2) is 18.3 Å². The van der Waals surface area contributed by atoms with Gasteiger partial charge in [0.2, 0.25) is 0 Å². The molecule has 0 amide bonds. The Morgan fingerprint density at radius 1 is 1.12 bits per heavy atom. The zero-order chi connectivity index (χ0) is 17.2. The molecular weight excluding hydrogens is 320 g/mol. The number of rotatable bonds is 3. The van der Waals surface area contributed by atoms with E-state index >= 15 is 0 Å². The van der Waals surface area contributed by atoms with Gasteiger partial charge in [-0.25, -0.2) is 4.98 Å². The van der Waals surface area contributed by atoms with Gasteiger partial charge in [0.1, 0.15) is 23.7 Å². The monoisotopic (exact) mass is 342 g/mol. The minimum absolute atomic E-state index is 0.0279. The van der Waals surface area contributed by atoms with Crippen molar-refractivity contribution in [3.05, 3.63) is 40.1 Å². The molecule has 2 aromatic heterocycles. The first kappa shape index (κ1) is 16.0. The first-order valence-electron chi connectivity index (χ1n) is 9.00. The highest BCUT2D eigenvalue weighted by atomic mass is 16.6. The standard InChI is InChI=1S/C17H22N6O2/c24-23(25)14-7-8-15(18-11-14)21-9-4-5-13(12-21)17-20-19-16-6-2-1-3-10-22(16)17/h7-8,11,13H,1-6,9-10,12H2/t13-/m0/s1. The van der Waals surface area contributed by atoms with Crippen LogP contribution in [-0.4, -0.2) is 37.8 Å². The normalized spacial score (nSPS) is 20.8. The molecule has 0 unspecified atom stereocenters. The molecule has 0 saturated carbocycles. The highest BCUT2D eigenvalue weighted by Gasteiger charge is 2.28. The summed E-state index contributed by atoms with van der Waals surface area (Å²) in [6, 6.07) is 3.26. The highest BCUT2D eigenvalue weighted by molar-refractivity contribution is 5.43. The third kappa shape index (κ3) is 3.20. The number of hydrogen-bond acceptors (Lipinski definition) is 6. The summed E-state index contributed by atoms with van der Waals surface area (Å²) in [4.78, 5) is 16.9. The number of piperidine rings is 1. The average molecular weight is 342 g/mol. The molecule has 2 aliphatic rings. The van der Waals surface area contributed by atoms with E-state index in [0.717, 1.165) is 56.4 Å². The van der Waals surface area contributed by atoms with E-state index in [1.807, 2.05) is 0 Å². The molecule has 0 aromatic carbocycles. The van der Waals surface area contributed by atoms with Crippen LogP contribution in [0.3, 0.4) is 0 Å². The van der Waals surface area contributed by atoms with E-state index in [4.69, 9.17) is 0 Å². The van der Waals surface area contributed by atoms with Crippen LogP contribution in [-0.2, 0) is 13.0 Å². The van der Waals surface area contributed by atoms with Crippen molar-refractivity contribution in [2.45, 2.75) is 51.0 Å². The number of aryl methyl sites for hydroxylation is 1. The van der Waals surface area contributed by atoms with Crippen LogP contribution >= 0.6 is 0 Å². The van der Waals surface area contributed by atoms with Crippen LogP contribution in [0.25, 0.3) is 0 Å². The van der Waals surface area contributed by atoms with Gasteiger partial charge in [-0.3, -0.25) is 10.1 Å². The summed E-state index contributed by atoms with van der Waals surface area (Å²) in [7, 11) is 0. The van der Waals surface area contributed by atoms with E-state index in [-0.39, 0.29) is 5.69 Å². The lowest BCUT2D eigenvalue weighted by molar-refractivity contribution is -0.385. The summed E-state index contributed by atoms with van der Waals surface area (Å²) >= 11 is 0. The molecule has 4 rings (SSSR count). The first-order valence-corrected chi connectivity index (χ1v) is 9.00. The van der Waals surface area contributed by atoms with Crippen LogP contribution in [0.5, 0.6) is 0 Å². The molecule has 0 radical (unpaired) electrons. The Hall–Kier alpha value is -2.51. The van der Waals surface area contributed by atoms with Gasteiger partial charge in [0.15, 0.2) is 0 Å². The number of nitrogens with zero attached hydrogens (tertiary/aromatic N) is 6. The number of anilines is 1. The zero-order valence-electron chi connectivity index (χ0n) is 14.2. The van der Waals surface area contributed by atoms with Gasteiger partial charge in [0.05, 0.1) is 4.92 Å². The molecule has 4 heterocycles. The van der Waals surface area contributed by atoms with Crippen LogP contribution in [0.1, 0.15) is 49.7 Å². The van der Waals surface area contributed by atoms with Crippen molar-refractivity contribution < 1.29 is 4.92 Å². The second-order valence-electron chi connectivity index (χ2n) is 6.85. The molecular formula is C17H22N6O2. The van der Waals surface area contributed by atoms with Crippen LogP contribution in [0.4, 0.5) is 11.5 Å². The second-order valence-corrected chi connectivity index (χ2v) is 6.85. The number of hydrogen-bond donors (Lipinski definition) is 0. The minimum atomic E-state index is -0.415. The molecule has 0 N–H and O–H groups in total. The van der Waals surface area contributed by atoms with E-state index in [2.05, 4.69) is 24.6 Å². The molecule has 1 atom stereocenters. The third-order valence-electron chi connectivity index (χ3n) is 5.19. The Labute approximate surface area is 146 Å². The van der Waals surface area contributed by atoms with Crippen molar-refractivity contribution in [1.82, 2.24) is 19.7 Å². The number of pyridine rings is 1. The van der Waals surface area contributed by atoms with Gasteiger partial charge < -0.3 is 9.47 Å². The fourth-order valence-electron chi connectivity index (χ4n) is 3.88. The Morgan fingerprint density at radius 3 is 2.84 bits per heavy atom. The molecule has 0 spiro atoms. The molecule has 8 nitrogen and oxygen atoms in total. The fourth-order valence-corrected chi connectivity index (χ4v) is 3.88. The van der Waals surface area contributed by atoms with Gasteiger partial charge in [0, 0.05) is 38.0 Å². The van der Waals surface area contributed by atoms with Crippen molar-refractivity contribution in [3.63, 3.8) is 0 Å². The summed E-state index contributed by atoms with van der Waals surface area (Å²) in [5.41, 5.74) is 0.0279. The first-order chi connectivity index (χ1) is 12.2. The summed E-state index contributed by atoms with van der Waals surface area (Å²) in [6.45, 7) is 2.77. The number of aromatic nitrogens is 4. The Morgan fingerprint density at radius 2 is 2.04 bits per heavy atom. The number of nitro groups is 1. The molecule has 132 valence electrons. The maximum atomic E-state index is 10.8. The number of fused-ring (bicyclic) bond motifs is 1. The predicted octanol–water partition coefficient (Wildman–Crippen LogP) is 2.69. The van der Waals surface area contributed by atoms with Crippen LogP contribution in [0.2, 0.25) is 0 Å². The molecule has 2 aromatic rings. The van der Waals surface area contributed by atoms with Crippen molar-refractivity contribution >= 4 is 11.5 Å². The van der Waals surface area contributed by atoms with E-state index in [1.54, 1.807) is 6.07 Å². The minimum Gasteiger partial charge on any atom is -0.356 e. The largest absolute Gasteiger partial charge is 0.356 e. The Kier molecular flexibility index (Phi) is 4.33. The summed E-state index contributed by atoms with van der Waals surface area (Å²) in [6.07, 6.45) is 8.16. The zero-order valence-corrected chi connectivity index (χ0v) is 14.2. The maximum absolute atomic E-state index is 10.8. The lowest BCUT2D eigenvalue weighted by Gasteiger charge is -2.33. The average Bonchev–Trinajstić information content (AvgIpc) is 2.90. The van der Waals surface area contributed by atoms with Gasteiger partial charge in [-0.1, -0.05) is 6.42 Å². The molecule has 8 heteroatoms. The van der Waals surface area contributed by atoms with Crippen LogP contribution in [0, 0.1) is 10.1 Å². The van der Waals surface area contributed by atoms with Crippen molar-refractivity contribution in [1.29, 1.82) is 0 Å².